The average molecular weight is 476 g/mol. The molecule has 0 aromatic heterocycles. The summed E-state index contributed by atoms with van der Waals surface area (Å²) in [6.45, 7) is 6.32. The molecule has 2 N–H and O–H groups in total. The summed E-state index contributed by atoms with van der Waals surface area (Å²) in [6.07, 6.45) is 3.78. The molecule has 1 fully saturated rings. The van der Waals surface area contributed by atoms with E-state index in [-0.39, 0.29) is 24.0 Å². The molecule has 1 amide bonds. The van der Waals surface area contributed by atoms with E-state index in [2.05, 4.69) is 37.8 Å². The van der Waals surface area contributed by atoms with Gasteiger partial charge in [-0.1, -0.05) is 13.3 Å². The Morgan fingerprint density at radius 2 is 2.00 bits per heavy atom. The summed E-state index contributed by atoms with van der Waals surface area (Å²) >= 11 is 3.34. The highest BCUT2D eigenvalue weighted by molar-refractivity contribution is 9.10. The number of ether oxygens (including phenoxy) is 1. The quantitative estimate of drug-likeness (QED) is 0.506. The molecule has 1 aromatic carbocycles. The van der Waals surface area contributed by atoms with Crippen molar-refractivity contribution in [3.05, 3.63) is 28.2 Å². The van der Waals surface area contributed by atoms with E-state index in [4.69, 9.17) is 4.74 Å². The lowest BCUT2D eigenvalue weighted by atomic mass is 10.1. The maximum Gasteiger partial charge on any atom is 0.252 e. The minimum atomic E-state index is -3.69. The Balaban J connectivity index is 1.96. The maximum absolute atomic E-state index is 12.6. The third kappa shape index (κ3) is 7.11. The summed E-state index contributed by atoms with van der Waals surface area (Å²) < 4.78 is 32.6. The van der Waals surface area contributed by atoms with Crippen LogP contribution in [0.4, 0.5) is 0 Å². The molecule has 0 radical (unpaired) electrons. The fourth-order valence-corrected chi connectivity index (χ4v) is 4.68. The fraction of sp³-hybridized carbons (Fsp3) is 0.632. The third-order valence-corrected chi connectivity index (χ3v) is 6.87. The predicted molar refractivity (Wildman–Crippen MR) is 113 cm³/mol. The van der Waals surface area contributed by atoms with Crippen LogP contribution in [-0.2, 0) is 14.8 Å². The molecule has 1 aliphatic heterocycles. The van der Waals surface area contributed by atoms with Gasteiger partial charge in [0.2, 0.25) is 10.0 Å². The summed E-state index contributed by atoms with van der Waals surface area (Å²) in [5, 5.41) is 2.93. The zero-order valence-corrected chi connectivity index (χ0v) is 18.9. The van der Waals surface area contributed by atoms with Crippen molar-refractivity contribution >= 4 is 31.9 Å². The number of sulfonamides is 1. The molecule has 28 heavy (non-hydrogen) atoms. The first-order chi connectivity index (χ1) is 13.3. The second-order valence-electron chi connectivity index (χ2n) is 7.21. The molecule has 9 heteroatoms. The van der Waals surface area contributed by atoms with Crippen LogP contribution in [0, 0.1) is 5.92 Å². The van der Waals surface area contributed by atoms with Crippen molar-refractivity contribution < 1.29 is 17.9 Å². The van der Waals surface area contributed by atoms with Gasteiger partial charge in [0, 0.05) is 31.2 Å². The van der Waals surface area contributed by atoms with Gasteiger partial charge in [0.1, 0.15) is 0 Å². The van der Waals surface area contributed by atoms with E-state index < -0.39 is 10.0 Å². The number of likely N-dealkylation sites (tertiary alicyclic amines) is 1. The topological polar surface area (TPSA) is 87.7 Å². The first-order valence-corrected chi connectivity index (χ1v) is 11.9. The zero-order valence-electron chi connectivity index (χ0n) is 16.5. The van der Waals surface area contributed by atoms with E-state index >= 15 is 0 Å². The summed E-state index contributed by atoms with van der Waals surface area (Å²) in [7, 11) is -2.19. The summed E-state index contributed by atoms with van der Waals surface area (Å²) in [4.78, 5) is 15.1. The van der Waals surface area contributed by atoms with Crippen LogP contribution in [0.5, 0.6) is 0 Å². The van der Waals surface area contributed by atoms with Crippen LogP contribution in [0.25, 0.3) is 0 Å². The molecular weight excluding hydrogens is 446 g/mol. The predicted octanol–water partition coefficient (Wildman–Crippen LogP) is 2.23. The van der Waals surface area contributed by atoms with Crippen molar-refractivity contribution in [1.29, 1.82) is 0 Å². The summed E-state index contributed by atoms with van der Waals surface area (Å²) in [6, 6.07) is 4.44. The van der Waals surface area contributed by atoms with Gasteiger partial charge in [0.05, 0.1) is 17.1 Å². The number of nitrogens with zero attached hydrogens (tertiary/aromatic N) is 1. The van der Waals surface area contributed by atoms with Gasteiger partial charge in [-0.15, -0.1) is 0 Å². The van der Waals surface area contributed by atoms with Crippen molar-refractivity contribution in [2.45, 2.75) is 31.1 Å². The van der Waals surface area contributed by atoms with Crippen LogP contribution >= 0.6 is 15.9 Å². The Morgan fingerprint density at radius 3 is 2.68 bits per heavy atom. The molecule has 1 heterocycles. The number of hydrogen-bond donors (Lipinski definition) is 2. The molecule has 7 nitrogen and oxygen atoms in total. The summed E-state index contributed by atoms with van der Waals surface area (Å²) in [5.74, 6) is 0.0368. The number of benzene rings is 1. The number of carbonyl (C=O) groups is 1. The lowest BCUT2D eigenvalue weighted by molar-refractivity contribution is 0.0941. The smallest absolute Gasteiger partial charge is 0.252 e. The molecule has 1 aliphatic rings. The second-order valence-corrected chi connectivity index (χ2v) is 9.83. The minimum Gasteiger partial charge on any atom is -0.383 e. The molecular formula is C19H30BrN3O4S. The van der Waals surface area contributed by atoms with Gasteiger partial charge in [0.25, 0.3) is 5.91 Å². The van der Waals surface area contributed by atoms with Crippen molar-refractivity contribution in [3.63, 3.8) is 0 Å². The van der Waals surface area contributed by atoms with Gasteiger partial charge in [-0.05, 0) is 66.0 Å². The summed E-state index contributed by atoms with van der Waals surface area (Å²) in [5.41, 5.74) is 0.305. The van der Waals surface area contributed by atoms with Gasteiger partial charge < -0.3 is 15.0 Å². The molecule has 2 rings (SSSR count). The normalized spacial score (nSPS) is 16.7. The van der Waals surface area contributed by atoms with Crippen molar-refractivity contribution in [1.82, 2.24) is 14.9 Å². The Labute approximate surface area is 176 Å². The second kappa shape index (κ2) is 11.3. The third-order valence-electron chi connectivity index (χ3n) is 4.72. The Bertz CT molecular complexity index is 752. The van der Waals surface area contributed by atoms with Crippen molar-refractivity contribution in [3.8, 4) is 0 Å². The lowest BCUT2D eigenvalue weighted by Crippen LogP contribution is -2.38. The fourth-order valence-electron chi connectivity index (χ4n) is 3.22. The first-order valence-electron chi connectivity index (χ1n) is 9.62. The van der Waals surface area contributed by atoms with Gasteiger partial charge in [-0.3, -0.25) is 4.79 Å². The number of nitrogens with one attached hydrogen (secondary N) is 2. The Morgan fingerprint density at radius 1 is 1.29 bits per heavy atom. The number of halogens is 1. The highest BCUT2D eigenvalue weighted by atomic mass is 79.9. The molecule has 0 saturated carbocycles. The molecule has 158 valence electrons. The highest BCUT2D eigenvalue weighted by Crippen LogP contribution is 2.21. The molecule has 0 spiro atoms. The van der Waals surface area contributed by atoms with Crippen LogP contribution in [0.3, 0.4) is 0 Å². The van der Waals surface area contributed by atoms with Gasteiger partial charge in [-0.2, -0.15) is 0 Å². The number of amides is 1. The Kier molecular flexibility index (Phi) is 9.36. The maximum atomic E-state index is 12.6. The largest absolute Gasteiger partial charge is 0.383 e. The van der Waals surface area contributed by atoms with Crippen molar-refractivity contribution in [2.75, 3.05) is 46.4 Å². The van der Waals surface area contributed by atoms with Crippen LogP contribution in [0.1, 0.15) is 36.5 Å². The van der Waals surface area contributed by atoms with Crippen LogP contribution < -0.4 is 10.0 Å². The average Bonchev–Trinajstić information content (AvgIpc) is 2.67. The van der Waals surface area contributed by atoms with E-state index in [1.165, 1.54) is 38.5 Å². The molecule has 0 bridgehead atoms. The van der Waals surface area contributed by atoms with Gasteiger partial charge >= 0.3 is 0 Å². The van der Waals surface area contributed by atoms with Crippen LogP contribution in [0.15, 0.2) is 27.6 Å². The van der Waals surface area contributed by atoms with E-state index in [1.54, 1.807) is 6.07 Å². The van der Waals surface area contributed by atoms with Crippen LogP contribution in [-0.4, -0.2) is 65.7 Å². The van der Waals surface area contributed by atoms with Crippen LogP contribution in [0.2, 0.25) is 0 Å². The minimum absolute atomic E-state index is 0.0540. The SMILES string of the molecule is COCCNS(=O)(=O)c1ccc(Br)c(C(=O)NCC(C)CN2CCCCC2)c1. The zero-order chi connectivity index (χ0) is 20.6. The van der Waals surface area contributed by atoms with E-state index in [0.29, 0.717) is 22.5 Å². The van der Waals surface area contributed by atoms with Gasteiger partial charge in [0.15, 0.2) is 0 Å². The standard InChI is InChI=1S/C19H30BrN3O4S/c1-15(14-23-9-4-3-5-10-23)13-21-19(24)17-12-16(6-7-18(17)20)28(25,26)22-8-11-27-2/h6-7,12,15,22H,3-5,8-11,13-14H2,1-2H3,(H,21,24). The highest BCUT2D eigenvalue weighted by Gasteiger charge is 2.19. The van der Waals surface area contributed by atoms with E-state index in [9.17, 15) is 13.2 Å². The Hall–Kier alpha value is -1.00. The molecule has 1 saturated heterocycles. The number of carbonyl (C=O) groups excluding carboxylic acids is 1. The number of piperidine rings is 1. The molecule has 1 atom stereocenters. The van der Waals surface area contributed by atoms with Gasteiger partial charge in [-0.25, -0.2) is 13.1 Å². The lowest BCUT2D eigenvalue weighted by Gasteiger charge is -2.29. The number of hydrogen-bond acceptors (Lipinski definition) is 5. The molecule has 1 unspecified atom stereocenters. The first kappa shape index (κ1) is 23.3. The molecule has 0 aliphatic carbocycles. The number of rotatable bonds is 10. The molecule has 1 aromatic rings. The number of methoxy groups -OCH3 is 1. The van der Waals surface area contributed by atoms with Crippen molar-refractivity contribution in [2.24, 2.45) is 5.92 Å². The monoisotopic (exact) mass is 475 g/mol. The van der Waals surface area contributed by atoms with E-state index in [0.717, 1.165) is 19.6 Å². The van der Waals surface area contributed by atoms with E-state index in [1.807, 2.05) is 0 Å².